The van der Waals surface area contributed by atoms with E-state index in [1.165, 1.54) is 51.0 Å². The average molecular weight is 246 g/mol. The molecule has 1 aliphatic heterocycles. The van der Waals surface area contributed by atoms with Crippen LogP contribution in [0.2, 0.25) is 0 Å². The second-order valence-electron chi connectivity index (χ2n) is 5.78. The molecule has 1 fully saturated rings. The van der Waals surface area contributed by atoms with Crippen molar-refractivity contribution in [3.8, 4) is 0 Å². The molecule has 100 valence electrons. The van der Waals surface area contributed by atoms with E-state index in [9.17, 15) is 0 Å². The summed E-state index contributed by atoms with van der Waals surface area (Å²) in [6.45, 7) is 5.04. The van der Waals surface area contributed by atoms with Crippen LogP contribution < -0.4 is 0 Å². The topological polar surface area (TPSA) is 6.48 Å². The highest BCUT2D eigenvalue weighted by Crippen LogP contribution is 2.17. The summed E-state index contributed by atoms with van der Waals surface area (Å²) >= 11 is 0. The highest BCUT2D eigenvalue weighted by molar-refractivity contribution is 5.14. The molecule has 1 aromatic rings. The molecule has 0 aromatic heterocycles. The maximum atomic E-state index is 2.62. The van der Waals surface area contributed by atoms with Gasteiger partial charge in [0.1, 0.15) is 0 Å². The monoisotopic (exact) mass is 246 g/mol. The van der Waals surface area contributed by atoms with E-state index in [4.69, 9.17) is 0 Å². The van der Waals surface area contributed by atoms with Gasteiger partial charge in [-0.15, -0.1) is 0 Å². The van der Waals surface area contributed by atoms with Crippen molar-refractivity contribution in [1.29, 1.82) is 0 Å². The molecule has 0 N–H and O–H groups in total. The quantitative estimate of drug-likeness (QED) is 0.787. The normalized spacial score (nSPS) is 18.4. The second kappa shape index (κ2) is 6.91. The first-order valence-electron chi connectivity index (χ1n) is 7.15. The third-order valence-corrected chi connectivity index (χ3v) is 3.89. The van der Waals surface area contributed by atoms with E-state index in [0.29, 0.717) is 0 Å². The van der Waals surface area contributed by atoms with Gasteiger partial charge in [-0.2, -0.15) is 0 Å². The summed E-state index contributed by atoms with van der Waals surface area (Å²) in [7, 11) is 4.36. The number of rotatable bonds is 5. The predicted molar refractivity (Wildman–Crippen MR) is 77.9 cm³/mol. The molecule has 0 amide bonds. The molecule has 0 saturated carbocycles. The van der Waals surface area contributed by atoms with Crippen molar-refractivity contribution >= 4 is 0 Å². The van der Waals surface area contributed by atoms with Gasteiger partial charge >= 0.3 is 0 Å². The lowest BCUT2D eigenvalue weighted by molar-refractivity contribution is 0.164. The molecule has 0 bridgehead atoms. The number of piperidine rings is 1. The number of nitrogens with zero attached hydrogens (tertiary/aromatic N) is 2. The fourth-order valence-corrected chi connectivity index (χ4v) is 2.84. The molecule has 0 radical (unpaired) electrons. The molecule has 0 atom stereocenters. The van der Waals surface area contributed by atoms with E-state index in [0.717, 1.165) is 5.92 Å². The lowest BCUT2D eigenvalue weighted by atomic mass is 9.96. The van der Waals surface area contributed by atoms with E-state index < -0.39 is 0 Å². The van der Waals surface area contributed by atoms with Crippen molar-refractivity contribution < 1.29 is 0 Å². The molecule has 18 heavy (non-hydrogen) atoms. The van der Waals surface area contributed by atoms with Crippen LogP contribution in [0.4, 0.5) is 0 Å². The Labute approximate surface area is 112 Å². The van der Waals surface area contributed by atoms with Crippen LogP contribution in [0.25, 0.3) is 0 Å². The van der Waals surface area contributed by atoms with Gasteiger partial charge in [0, 0.05) is 13.1 Å². The SMILES string of the molecule is CN(C)CC1CCN(CCc2ccccc2)CC1. The zero-order valence-corrected chi connectivity index (χ0v) is 11.8. The number of hydrogen-bond donors (Lipinski definition) is 0. The molecule has 1 aromatic carbocycles. The average Bonchev–Trinajstić information content (AvgIpc) is 2.38. The van der Waals surface area contributed by atoms with E-state index in [1.807, 2.05) is 0 Å². The molecular weight excluding hydrogens is 220 g/mol. The van der Waals surface area contributed by atoms with Gasteiger partial charge in [-0.25, -0.2) is 0 Å². The zero-order valence-electron chi connectivity index (χ0n) is 11.8. The predicted octanol–water partition coefficient (Wildman–Crippen LogP) is 2.50. The molecule has 1 heterocycles. The van der Waals surface area contributed by atoms with Crippen molar-refractivity contribution in [2.45, 2.75) is 19.3 Å². The van der Waals surface area contributed by atoms with E-state index >= 15 is 0 Å². The van der Waals surface area contributed by atoms with Crippen LogP contribution in [-0.4, -0.2) is 50.1 Å². The molecule has 0 spiro atoms. The first kappa shape index (κ1) is 13.6. The maximum absolute atomic E-state index is 2.62. The summed E-state index contributed by atoms with van der Waals surface area (Å²) in [5.74, 6) is 0.910. The van der Waals surface area contributed by atoms with Crippen LogP contribution in [0.1, 0.15) is 18.4 Å². The number of benzene rings is 1. The van der Waals surface area contributed by atoms with Crippen LogP contribution in [-0.2, 0) is 6.42 Å². The van der Waals surface area contributed by atoms with Crippen molar-refractivity contribution in [2.24, 2.45) is 5.92 Å². The summed E-state index contributed by atoms with van der Waals surface area (Å²) in [5.41, 5.74) is 1.47. The molecule has 2 nitrogen and oxygen atoms in total. The molecule has 0 aliphatic carbocycles. The van der Waals surface area contributed by atoms with Crippen molar-refractivity contribution in [1.82, 2.24) is 9.80 Å². The lowest BCUT2D eigenvalue weighted by Gasteiger charge is -2.33. The largest absolute Gasteiger partial charge is 0.309 e. The summed E-state index contributed by atoms with van der Waals surface area (Å²) in [6.07, 6.45) is 3.93. The Hall–Kier alpha value is -0.860. The Morgan fingerprint density at radius 1 is 1.11 bits per heavy atom. The highest BCUT2D eigenvalue weighted by Gasteiger charge is 2.19. The Morgan fingerprint density at radius 3 is 2.39 bits per heavy atom. The minimum Gasteiger partial charge on any atom is -0.309 e. The number of hydrogen-bond acceptors (Lipinski definition) is 2. The number of likely N-dealkylation sites (tertiary alicyclic amines) is 1. The molecule has 1 aliphatic rings. The van der Waals surface area contributed by atoms with Gasteiger partial charge in [0.2, 0.25) is 0 Å². The first-order valence-corrected chi connectivity index (χ1v) is 7.15. The van der Waals surface area contributed by atoms with E-state index in [1.54, 1.807) is 0 Å². The highest BCUT2D eigenvalue weighted by atomic mass is 15.1. The third kappa shape index (κ3) is 4.43. The smallest absolute Gasteiger partial charge is 0.00218 e. The van der Waals surface area contributed by atoms with E-state index in [-0.39, 0.29) is 0 Å². The fourth-order valence-electron chi connectivity index (χ4n) is 2.84. The Balaban J connectivity index is 1.68. The summed E-state index contributed by atoms with van der Waals surface area (Å²) in [4.78, 5) is 4.95. The minimum absolute atomic E-state index is 0.910. The Kier molecular flexibility index (Phi) is 5.21. The van der Waals surface area contributed by atoms with Gasteiger partial charge < -0.3 is 9.80 Å². The summed E-state index contributed by atoms with van der Waals surface area (Å²) < 4.78 is 0. The van der Waals surface area contributed by atoms with Crippen molar-refractivity contribution in [2.75, 3.05) is 40.3 Å². The Bertz CT molecular complexity index is 326. The third-order valence-electron chi connectivity index (χ3n) is 3.89. The van der Waals surface area contributed by atoms with Gasteiger partial charge in [-0.05, 0) is 57.9 Å². The zero-order chi connectivity index (χ0) is 12.8. The summed E-state index contributed by atoms with van der Waals surface area (Å²) in [5, 5.41) is 0. The Morgan fingerprint density at radius 2 is 1.78 bits per heavy atom. The first-order chi connectivity index (χ1) is 8.74. The van der Waals surface area contributed by atoms with Crippen molar-refractivity contribution in [3.05, 3.63) is 35.9 Å². The molecule has 2 heteroatoms. The summed E-state index contributed by atoms with van der Waals surface area (Å²) in [6, 6.07) is 10.8. The standard InChI is InChI=1S/C16H26N2/c1-17(2)14-16-9-12-18(13-10-16)11-8-15-6-4-3-5-7-15/h3-7,16H,8-14H2,1-2H3. The lowest BCUT2D eigenvalue weighted by Crippen LogP contribution is -2.38. The van der Waals surface area contributed by atoms with Crippen LogP contribution >= 0.6 is 0 Å². The van der Waals surface area contributed by atoms with Gasteiger partial charge in [0.25, 0.3) is 0 Å². The van der Waals surface area contributed by atoms with Gasteiger partial charge in [0.05, 0.1) is 0 Å². The molecule has 2 rings (SSSR count). The molecule has 0 unspecified atom stereocenters. The van der Waals surface area contributed by atoms with Crippen LogP contribution in [0.15, 0.2) is 30.3 Å². The van der Waals surface area contributed by atoms with E-state index in [2.05, 4.69) is 54.2 Å². The maximum Gasteiger partial charge on any atom is 0.00218 e. The fraction of sp³-hybridized carbons (Fsp3) is 0.625. The molecule has 1 saturated heterocycles. The molecular formula is C16H26N2. The minimum atomic E-state index is 0.910. The van der Waals surface area contributed by atoms with Gasteiger partial charge in [-0.3, -0.25) is 0 Å². The van der Waals surface area contributed by atoms with Crippen LogP contribution in [0.5, 0.6) is 0 Å². The van der Waals surface area contributed by atoms with Crippen LogP contribution in [0.3, 0.4) is 0 Å². The van der Waals surface area contributed by atoms with Crippen LogP contribution in [0, 0.1) is 5.92 Å². The van der Waals surface area contributed by atoms with Gasteiger partial charge in [-0.1, -0.05) is 30.3 Å². The second-order valence-corrected chi connectivity index (χ2v) is 5.78. The van der Waals surface area contributed by atoms with Gasteiger partial charge in [0.15, 0.2) is 0 Å². The van der Waals surface area contributed by atoms with Crippen molar-refractivity contribution in [3.63, 3.8) is 0 Å².